The first-order valence-electron chi connectivity index (χ1n) is 9.11. The van der Waals surface area contributed by atoms with E-state index in [0.717, 1.165) is 36.1 Å². The van der Waals surface area contributed by atoms with Gasteiger partial charge in [-0.2, -0.15) is 0 Å². The molecule has 0 atom stereocenters. The van der Waals surface area contributed by atoms with Gasteiger partial charge in [-0.25, -0.2) is 4.85 Å². The van der Waals surface area contributed by atoms with E-state index in [0.29, 0.717) is 17.9 Å². The molecule has 1 saturated carbocycles. The van der Waals surface area contributed by atoms with Crippen molar-refractivity contribution >= 4 is 17.2 Å². The number of hydrogen-bond acceptors (Lipinski definition) is 2. The van der Waals surface area contributed by atoms with E-state index < -0.39 is 0 Å². The fourth-order valence-electron chi connectivity index (χ4n) is 4.05. The van der Waals surface area contributed by atoms with E-state index >= 15 is 0 Å². The van der Waals surface area contributed by atoms with Crippen LogP contribution in [0.15, 0.2) is 23.2 Å². The van der Waals surface area contributed by atoms with Crippen molar-refractivity contribution in [1.82, 2.24) is 0 Å². The molecule has 0 amide bonds. The monoisotopic (exact) mass is 322 g/mol. The molecule has 0 unspecified atom stereocenters. The lowest BCUT2D eigenvalue weighted by atomic mass is 9.83. The van der Waals surface area contributed by atoms with E-state index in [2.05, 4.69) is 18.7 Å². The van der Waals surface area contributed by atoms with Gasteiger partial charge in [0.2, 0.25) is 0 Å². The Balaban J connectivity index is 1.85. The highest BCUT2D eigenvalue weighted by molar-refractivity contribution is 6.13. The summed E-state index contributed by atoms with van der Waals surface area (Å²) >= 11 is 0. The molecule has 0 aromatic heterocycles. The number of fused-ring (bicyclic) bond motifs is 1. The molecule has 1 aliphatic heterocycles. The Morgan fingerprint density at radius 2 is 1.96 bits per heavy atom. The summed E-state index contributed by atoms with van der Waals surface area (Å²) in [6.07, 6.45) is 8.24. The van der Waals surface area contributed by atoms with Gasteiger partial charge in [-0.1, -0.05) is 43.9 Å². The van der Waals surface area contributed by atoms with Gasteiger partial charge in [-0.3, -0.25) is 9.79 Å². The van der Waals surface area contributed by atoms with Crippen LogP contribution in [0.1, 0.15) is 69.9 Å². The average Bonchev–Trinajstić information content (AvgIpc) is 2.82. The normalized spacial score (nSPS) is 20.5. The molecule has 3 nitrogen and oxygen atoms in total. The van der Waals surface area contributed by atoms with E-state index in [1.165, 1.54) is 25.7 Å². The number of nitrogens with zero attached hydrogens (tertiary/aromatic N) is 2. The number of Topliss-reactive ketones (excluding diaryl/α,β-unsaturated/α-hetero) is 1. The molecule has 3 rings (SSSR count). The van der Waals surface area contributed by atoms with Gasteiger partial charge >= 0.3 is 0 Å². The van der Waals surface area contributed by atoms with Gasteiger partial charge in [0.25, 0.3) is 0 Å². The second-order valence-electron chi connectivity index (χ2n) is 7.83. The van der Waals surface area contributed by atoms with Crippen molar-refractivity contribution in [3.05, 3.63) is 40.7 Å². The third-order valence-corrected chi connectivity index (χ3v) is 5.24. The predicted molar refractivity (Wildman–Crippen MR) is 97.8 cm³/mol. The molecule has 1 heterocycles. The van der Waals surface area contributed by atoms with E-state index in [1.54, 1.807) is 0 Å². The first-order valence-corrected chi connectivity index (χ1v) is 9.11. The second-order valence-corrected chi connectivity index (χ2v) is 7.83. The lowest BCUT2D eigenvalue weighted by Gasteiger charge is -2.29. The van der Waals surface area contributed by atoms with Crippen LogP contribution in [0.3, 0.4) is 0 Å². The number of carbonyl (C=O) groups is 1. The molecule has 0 bridgehead atoms. The number of benzene rings is 1. The second kappa shape index (κ2) is 6.89. The summed E-state index contributed by atoms with van der Waals surface area (Å²) in [5.41, 5.74) is 3.62. The van der Waals surface area contributed by atoms with Crippen LogP contribution in [0.5, 0.6) is 0 Å². The number of rotatable bonds is 3. The minimum atomic E-state index is -0.202. The Hall–Kier alpha value is -1.95. The number of hydrogen-bond donors (Lipinski definition) is 0. The Morgan fingerprint density at radius 3 is 2.62 bits per heavy atom. The smallest absolute Gasteiger partial charge is 0.187 e. The van der Waals surface area contributed by atoms with Crippen LogP contribution in [0.4, 0.5) is 5.69 Å². The van der Waals surface area contributed by atoms with Crippen LogP contribution in [0.25, 0.3) is 4.85 Å². The maximum Gasteiger partial charge on any atom is 0.187 e. The number of ketones is 1. The molecule has 1 fully saturated rings. The van der Waals surface area contributed by atoms with Gasteiger partial charge in [-0.15, -0.1) is 0 Å². The van der Waals surface area contributed by atoms with Gasteiger partial charge in [-0.05, 0) is 44.2 Å². The van der Waals surface area contributed by atoms with Crippen molar-refractivity contribution in [1.29, 1.82) is 0 Å². The van der Waals surface area contributed by atoms with Crippen molar-refractivity contribution in [2.75, 3.05) is 0 Å². The van der Waals surface area contributed by atoms with Crippen LogP contribution in [0.2, 0.25) is 0 Å². The molecule has 0 radical (unpaired) electrons. The third-order valence-electron chi connectivity index (χ3n) is 5.24. The lowest BCUT2D eigenvalue weighted by Crippen LogP contribution is -2.31. The highest BCUT2D eigenvalue weighted by Gasteiger charge is 2.29. The average molecular weight is 322 g/mol. The third kappa shape index (κ3) is 3.75. The summed E-state index contributed by atoms with van der Waals surface area (Å²) in [6.45, 7) is 11.4. The molecular formula is C21H26N2O. The number of carbonyl (C=O) groups excluding carboxylic acids is 1. The zero-order chi connectivity index (χ0) is 17.2. The Kier molecular flexibility index (Phi) is 4.85. The SMILES string of the molecule is [C-]#[N+]c1ccc2c(c1)CC(C)(C)N=C2CC(=O)C1CCCCCC1. The molecule has 24 heavy (non-hydrogen) atoms. The Morgan fingerprint density at radius 1 is 1.25 bits per heavy atom. The van der Waals surface area contributed by atoms with Crippen molar-refractivity contribution < 1.29 is 4.79 Å². The predicted octanol–water partition coefficient (Wildman–Crippen LogP) is 5.29. The Labute approximate surface area is 145 Å². The van der Waals surface area contributed by atoms with E-state index in [1.807, 2.05) is 18.2 Å². The van der Waals surface area contributed by atoms with Crippen molar-refractivity contribution in [3.8, 4) is 0 Å². The fraction of sp³-hybridized carbons (Fsp3) is 0.571. The standard InChI is InChI=1S/C21H26N2O/c1-21(2)14-16-12-17(22-3)10-11-18(16)19(23-21)13-20(24)15-8-6-4-5-7-9-15/h10-12,15H,4-9,13-14H2,1-2H3. The highest BCUT2D eigenvalue weighted by atomic mass is 16.1. The summed E-state index contributed by atoms with van der Waals surface area (Å²) in [5.74, 6) is 0.569. The van der Waals surface area contributed by atoms with Crippen LogP contribution >= 0.6 is 0 Å². The first-order chi connectivity index (χ1) is 11.5. The molecule has 1 aromatic carbocycles. The summed E-state index contributed by atoms with van der Waals surface area (Å²) in [7, 11) is 0. The molecular weight excluding hydrogens is 296 g/mol. The van der Waals surface area contributed by atoms with E-state index in [-0.39, 0.29) is 11.5 Å². The summed E-state index contributed by atoms with van der Waals surface area (Å²) in [5, 5.41) is 0. The molecule has 126 valence electrons. The van der Waals surface area contributed by atoms with Crippen LogP contribution in [0, 0.1) is 12.5 Å². The minimum Gasteiger partial charge on any atom is -0.299 e. The molecule has 1 aromatic rings. The molecule has 0 N–H and O–H groups in total. The topological polar surface area (TPSA) is 33.8 Å². The fourth-order valence-corrected chi connectivity index (χ4v) is 4.05. The van der Waals surface area contributed by atoms with Crippen molar-refractivity contribution in [2.24, 2.45) is 10.9 Å². The summed E-state index contributed by atoms with van der Waals surface area (Å²) in [6, 6.07) is 5.79. The van der Waals surface area contributed by atoms with Gasteiger partial charge < -0.3 is 0 Å². The molecule has 3 heteroatoms. The summed E-state index contributed by atoms with van der Waals surface area (Å²) in [4.78, 5) is 21.3. The zero-order valence-corrected chi connectivity index (χ0v) is 14.8. The molecule has 0 saturated heterocycles. The van der Waals surface area contributed by atoms with Crippen LogP contribution in [-0.4, -0.2) is 17.0 Å². The van der Waals surface area contributed by atoms with E-state index in [4.69, 9.17) is 11.6 Å². The van der Waals surface area contributed by atoms with Gasteiger partial charge in [0.1, 0.15) is 5.78 Å². The largest absolute Gasteiger partial charge is 0.299 e. The van der Waals surface area contributed by atoms with Gasteiger partial charge in [0, 0.05) is 12.3 Å². The Bertz CT molecular complexity index is 701. The van der Waals surface area contributed by atoms with E-state index in [9.17, 15) is 4.79 Å². The lowest BCUT2D eigenvalue weighted by molar-refractivity contribution is -0.122. The first kappa shape index (κ1) is 16.9. The van der Waals surface area contributed by atoms with Gasteiger partial charge in [0.05, 0.1) is 17.8 Å². The highest BCUT2D eigenvalue weighted by Crippen LogP contribution is 2.32. The minimum absolute atomic E-state index is 0.202. The number of aliphatic imine (C=N–C) groups is 1. The zero-order valence-electron chi connectivity index (χ0n) is 14.8. The maximum atomic E-state index is 12.8. The van der Waals surface area contributed by atoms with Crippen molar-refractivity contribution in [3.63, 3.8) is 0 Å². The summed E-state index contributed by atoms with van der Waals surface area (Å²) < 4.78 is 0. The van der Waals surface area contributed by atoms with Crippen molar-refractivity contribution in [2.45, 2.75) is 70.8 Å². The van der Waals surface area contributed by atoms with Crippen LogP contribution < -0.4 is 0 Å². The molecule has 2 aliphatic rings. The van der Waals surface area contributed by atoms with Gasteiger partial charge in [0.15, 0.2) is 5.69 Å². The quantitative estimate of drug-likeness (QED) is 0.550. The van der Waals surface area contributed by atoms with Crippen LogP contribution in [-0.2, 0) is 11.2 Å². The molecule has 1 aliphatic carbocycles. The maximum absolute atomic E-state index is 12.8. The molecule has 0 spiro atoms.